The van der Waals surface area contributed by atoms with Crippen LogP contribution in [0.1, 0.15) is 23.0 Å². The van der Waals surface area contributed by atoms with Gasteiger partial charge in [-0.05, 0) is 19.1 Å². The van der Waals surface area contributed by atoms with E-state index < -0.39 is 0 Å². The van der Waals surface area contributed by atoms with Crippen molar-refractivity contribution in [2.24, 2.45) is 0 Å². The van der Waals surface area contributed by atoms with Gasteiger partial charge in [-0.1, -0.05) is 0 Å². The van der Waals surface area contributed by atoms with E-state index in [0.29, 0.717) is 12.1 Å². The van der Waals surface area contributed by atoms with Crippen LogP contribution in [0.2, 0.25) is 0 Å². The molecule has 0 aromatic carbocycles. The highest BCUT2D eigenvalue weighted by molar-refractivity contribution is 5.93. The van der Waals surface area contributed by atoms with Gasteiger partial charge in [-0.25, -0.2) is 9.97 Å². The summed E-state index contributed by atoms with van der Waals surface area (Å²) < 4.78 is 0. The Morgan fingerprint density at radius 1 is 1.39 bits per heavy atom. The zero-order valence-electron chi connectivity index (χ0n) is 10.1. The van der Waals surface area contributed by atoms with Crippen LogP contribution in [0.25, 0.3) is 0 Å². The van der Waals surface area contributed by atoms with Gasteiger partial charge in [-0.2, -0.15) is 0 Å². The lowest BCUT2D eigenvalue weighted by molar-refractivity contribution is 0.0950. The van der Waals surface area contributed by atoms with Gasteiger partial charge < -0.3 is 15.6 Å². The molecule has 0 spiro atoms. The molecule has 0 aliphatic heterocycles. The molecule has 0 saturated carbocycles. The number of amides is 1. The zero-order valence-corrected chi connectivity index (χ0v) is 10.1. The summed E-state index contributed by atoms with van der Waals surface area (Å²) in [4.78, 5) is 22.7. The van der Waals surface area contributed by atoms with Gasteiger partial charge in [-0.15, -0.1) is 0 Å². The highest BCUT2D eigenvalue weighted by Gasteiger charge is 2.06. The molecule has 0 fully saturated rings. The Bertz CT molecular complexity index is 492. The van der Waals surface area contributed by atoms with Crippen molar-refractivity contribution in [2.75, 3.05) is 11.9 Å². The lowest BCUT2D eigenvalue weighted by Gasteiger charge is -2.05. The summed E-state index contributed by atoms with van der Waals surface area (Å²) in [6.07, 6.45) is 4.81. The first-order valence-electron chi connectivity index (χ1n) is 5.75. The number of hydrogen-bond donors (Lipinski definition) is 3. The van der Waals surface area contributed by atoms with E-state index in [9.17, 15) is 4.79 Å². The maximum Gasteiger partial charge on any atom is 0.253 e. The summed E-state index contributed by atoms with van der Waals surface area (Å²) in [5.41, 5.74) is 1.40. The van der Waals surface area contributed by atoms with Crippen LogP contribution in [0, 0.1) is 0 Å². The van der Waals surface area contributed by atoms with Gasteiger partial charge in [0, 0.05) is 18.9 Å². The molecule has 2 aromatic rings. The van der Waals surface area contributed by atoms with Crippen LogP contribution in [0.15, 0.2) is 30.9 Å². The van der Waals surface area contributed by atoms with Crippen LogP contribution in [0.4, 0.5) is 5.82 Å². The van der Waals surface area contributed by atoms with Crippen molar-refractivity contribution in [3.8, 4) is 0 Å². The summed E-state index contributed by atoms with van der Waals surface area (Å²) in [6, 6.07) is 3.53. The van der Waals surface area contributed by atoms with E-state index in [0.717, 1.165) is 18.1 Å². The van der Waals surface area contributed by atoms with E-state index in [1.54, 1.807) is 30.9 Å². The zero-order chi connectivity index (χ0) is 12.8. The average Bonchev–Trinajstić information content (AvgIpc) is 2.90. The minimum atomic E-state index is -0.153. The number of carbonyl (C=O) groups excluding carboxylic acids is 1. The fourth-order valence-electron chi connectivity index (χ4n) is 1.47. The first kappa shape index (κ1) is 12.1. The normalized spacial score (nSPS) is 10.1. The van der Waals surface area contributed by atoms with Crippen molar-refractivity contribution in [1.82, 2.24) is 20.3 Å². The molecule has 6 heteroatoms. The van der Waals surface area contributed by atoms with Crippen molar-refractivity contribution in [2.45, 2.75) is 13.5 Å². The summed E-state index contributed by atoms with van der Waals surface area (Å²) in [5, 5.41) is 5.85. The predicted molar refractivity (Wildman–Crippen MR) is 68.2 cm³/mol. The third kappa shape index (κ3) is 3.07. The number of nitrogens with one attached hydrogen (secondary N) is 3. The Morgan fingerprint density at radius 3 is 2.89 bits per heavy atom. The number of imidazole rings is 1. The van der Waals surface area contributed by atoms with Crippen LogP contribution in [-0.2, 0) is 6.54 Å². The maximum atomic E-state index is 11.8. The molecule has 0 aliphatic rings. The van der Waals surface area contributed by atoms with Crippen LogP contribution >= 0.6 is 0 Å². The number of aromatic amines is 1. The number of nitrogens with zero attached hydrogens (tertiary/aromatic N) is 2. The number of pyridine rings is 1. The van der Waals surface area contributed by atoms with Crippen molar-refractivity contribution >= 4 is 11.7 Å². The minimum Gasteiger partial charge on any atom is -0.370 e. The Morgan fingerprint density at radius 2 is 2.28 bits per heavy atom. The van der Waals surface area contributed by atoms with Gasteiger partial charge in [0.05, 0.1) is 24.1 Å². The van der Waals surface area contributed by atoms with Gasteiger partial charge in [-0.3, -0.25) is 4.79 Å². The van der Waals surface area contributed by atoms with Crippen molar-refractivity contribution < 1.29 is 4.79 Å². The Hall–Kier alpha value is -2.37. The summed E-state index contributed by atoms with van der Waals surface area (Å²) in [7, 11) is 0. The quantitative estimate of drug-likeness (QED) is 0.738. The molecule has 2 aromatic heterocycles. The average molecular weight is 245 g/mol. The fraction of sp³-hybridized carbons (Fsp3) is 0.250. The highest BCUT2D eigenvalue weighted by atomic mass is 16.1. The third-order valence-corrected chi connectivity index (χ3v) is 2.38. The van der Waals surface area contributed by atoms with Crippen LogP contribution in [0.5, 0.6) is 0 Å². The van der Waals surface area contributed by atoms with E-state index in [1.165, 1.54) is 0 Å². The van der Waals surface area contributed by atoms with Crippen molar-refractivity contribution in [1.29, 1.82) is 0 Å². The molecule has 0 aliphatic carbocycles. The van der Waals surface area contributed by atoms with Gasteiger partial charge >= 0.3 is 0 Å². The van der Waals surface area contributed by atoms with Crippen LogP contribution in [-0.4, -0.2) is 27.4 Å². The standard InChI is InChI=1S/C12H15N5O/c1-2-14-11-4-3-9(5-15-11)12(18)16-7-10-6-13-8-17-10/h3-6,8H,2,7H2,1H3,(H,13,17)(H,14,15)(H,16,18). The Labute approximate surface area is 105 Å². The van der Waals surface area contributed by atoms with E-state index in [4.69, 9.17) is 0 Å². The van der Waals surface area contributed by atoms with Crippen molar-refractivity contribution in [3.63, 3.8) is 0 Å². The number of carbonyl (C=O) groups is 1. The monoisotopic (exact) mass is 245 g/mol. The summed E-state index contributed by atoms with van der Waals surface area (Å²) in [5.74, 6) is 0.614. The molecule has 2 heterocycles. The highest BCUT2D eigenvalue weighted by Crippen LogP contribution is 2.04. The number of H-pyrrole nitrogens is 1. The molecule has 18 heavy (non-hydrogen) atoms. The van der Waals surface area contributed by atoms with Gasteiger partial charge in [0.15, 0.2) is 0 Å². The molecule has 0 atom stereocenters. The van der Waals surface area contributed by atoms with E-state index >= 15 is 0 Å². The van der Waals surface area contributed by atoms with Crippen molar-refractivity contribution in [3.05, 3.63) is 42.1 Å². The van der Waals surface area contributed by atoms with Crippen LogP contribution in [0.3, 0.4) is 0 Å². The first-order chi connectivity index (χ1) is 8.79. The van der Waals surface area contributed by atoms with Gasteiger partial charge in [0.1, 0.15) is 5.82 Å². The molecule has 1 amide bonds. The second-order valence-corrected chi connectivity index (χ2v) is 3.72. The number of aromatic nitrogens is 3. The SMILES string of the molecule is CCNc1ccc(C(=O)NCc2cnc[nH]2)cn1. The molecule has 2 rings (SSSR count). The molecule has 0 bridgehead atoms. The molecule has 3 N–H and O–H groups in total. The largest absolute Gasteiger partial charge is 0.370 e. The predicted octanol–water partition coefficient (Wildman–Crippen LogP) is 1.17. The van der Waals surface area contributed by atoms with Crippen LogP contribution < -0.4 is 10.6 Å². The molecular formula is C12H15N5O. The van der Waals surface area contributed by atoms with Gasteiger partial charge in [0.25, 0.3) is 5.91 Å². The van der Waals surface area contributed by atoms with E-state index in [1.807, 2.05) is 6.92 Å². The first-order valence-corrected chi connectivity index (χ1v) is 5.75. The number of rotatable bonds is 5. The summed E-state index contributed by atoms with van der Waals surface area (Å²) >= 11 is 0. The molecule has 0 unspecified atom stereocenters. The molecule has 6 nitrogen and oxygen atoms in total. The Kier molecular flexibility index (Phi) is 3.90. The second kappa shape index (κ2) is 5.81. The van der Waals surface area contributed by atoms with Gasteiger partial charge in [0.2, 0.25) is 0 Å². The lowest BCUT2D eigenvalue weighted by Crippen LogP contribution is -2.23. The molecular weight excluding hydrogens is 230 g/mol. The molecule has 0 radical (unpaired) electrons. The number of hydrogen-bond acceptors (Lipinski definition) is 4. The van der Waals surface area contributed by atoms with E-state index in [2.05, 4.69) is 25.6 Å². The molecule has 0 saturated heterocycles. The smallest absolute Gasteiger partial charge is 0.253 e. The number of anilines is 1. The topological polar surface area (TPSA) is 82.7 Å². The fourth-order valence-corrected chi connectivity index (χ4v) is 1.47. The van der Waals surface area contributed by atoms with E-state index in [-0.39, 0.29) is 5.91 Å². The lowest BCUT2D eigenvalue weighted by atomic mass is 10.2. The minimum absolute atomic E-state index is 0.153. The third-order valence-electron chi connectivity index (χ3n) is 2.38. The molecule has 94 valence electrons. The second-order valence-electron chi connectivity index (χ2n) is 3.72. The maximum absolute atomic E-state index is 11.8. The summed E-state index contributed by atoms with van der Waals surface area (Å²) in [6.45, 7) is 3.22. The Balaban J connectivity index is 1.92.